The van der Waals surface area contributed by atoms with E-state index in [4.69, 9.17) is 19.6 Å². The van der Waals surface area contributed by atoms with Gasteiger partial charge in [-0.1, -0.05) is 24.8 Å². The monoisotopic (exact) mass is 639 g/mol. The van der Waals surface area contributed by atoms with E-state index < -0.39 is 5.97 Å². The molecule has 0 aliphatic carbocycles. The van der Waals surface area contributed by atoms with Crippen LogP contribution < -0.4 is 20.3 Å². The Bertz CT molecular complexity index is 1980. The molecule has 1 amide bonds. The van der Waals surface area contributed by atoms with Gasteiger partial charge < -0.3 is 34.5 Å². The summed E-state index contributed by atoms with van der Waals surface area (Å²) in [6.45, 7) is 8.67. The van der Waals surface area contributed by atoms with Crippen molar-refractivity contribution in [1.82, 2.24) is 29.2 Å². The number of benzene rings is 2. The lowest BCUT2D eigenvalue weighted by molar-refractivity contribution is -0.111. The van der Waals surface area contributed by atoms with Gasteiger partial charge in [-0.25, -0.2) is 14.8 Å². The molecule has 0 saturated carbocycles. The number of ether oxygens (including phenoxy) is 2. The van der Waals surface area contributed by atoms with E-state index in [0.717, 1.165) is 34.2 Å². The normalized spacial score (nSPS) is 11.4. The number of methoxy groups -OCH3 is 1. The predicted molar refractivity (Wildman–Crippen MR) is 186 cm³/mol. The zero-order valence-electron chi connectivity index (χ0n) is 28.1. The molecule has 0 aliphatic heterocycles. The zero-order chi connectivity index (χ0) is 34.0. The molecule has 0 aliphatic rings. The highest BCUT2D eigenvalue weighted by Crippen LogP contribution is 2.39. The summed E-state index contributed by atoms with van der Waals surface area (Å²) in [4.78, 5) is 39.3. The fourth-order valence-corrected chi connectivity index (χ4v) is 5.48. The van der Waals surface area contributed by atoms with Crippen molar-refractivity contribution in [3.05, 3.63) is 60.8 Å². The smallest absolute Gasteiger partial charge is 0.342 e. The number of nitrogens with zero attached hydrogens (tertiary/aromatic N) is 7. The molecule has 0 radical (unpaired) electrons. The Labute approximate surface area is 273 Å². The van der Waals surface area contributed by atoms with Gasteiger partial charge >= 0.3 is 5.97 Å². The first-order chi connectivity index (χ1) is 22.4. The second-order valence-corrected chi connectivity index (χ2v) is 11.8. The van der Waals surface area contributed by atoms with Crippen molar-refractivity contribution in [3.63, 3.8) is 0 Å². The van der Waals surface area contributed by atoms with Gasteiger partial charge in [0.25, 0.3) is 0 Å². The van der Waals surface area contributed by atoms with Crippen molar-refractivity contribution in [2.75, 3.05) is 56.9 Å². The van der Waals surface area contributed by atoms with Crippen LogP contribution in [0, 0.1) is 0 Å². The van der Waals surface area contributed by atoms with E-state index in [1.807, 2.05) is 70.5 Å². The van der Waals surface area contributed by atoms with Gasteiger partial charge in [-0.15, -0.1) is 0 Å². The molecule has 0 spiro atoms. The minimum atomic E-state index is -0.558. The number of carbonyl (C=O) groups is 2. The molecule has 246 valence electrons. The summed E-state index contributed by atoms with van der Waals surface area (Å²) in [5.41, 5.74) is 4.69. The third-order valence-electron chi connectivity index (χ3n) is 7.75. The van der Waals surface area contributed by atoms with E-state index in [2.05, 4.69) is 31.7 Å². The van der Waals surface area contributed by atoms with E-state index in [0.29, 0.717) is 35.1 Å². The third kappa shape index (κ3) is 6.61. The first-order valence-electron chi connectivity index (χ1n) is 15.2. The van der Waals surface area contributed by atoms with E-state index in [1.165, 1.54) is 12.3 Å². The molecule has 0 atom stereocenters. The Balaban J connectivity index is 1.65. The van der Waals surface area contributed by atoms with E-state index >= 15 is 0 Å². The Morgan fingerprint density at radius 3 is 2.49 bits per heavy atom. The SMILES string of the molecule is C=CC(=O)Nc1cc(Nc2ncc(C(=O)OC(C)C)c(-c3nn(C)c4c3c3ccccc3n4C)n2)c(OC)cc1N(C)CCN(C)C. The van der Waals surface area contributed by atoms with Crippen molar-refractivity contribution < 1.29 is 19.1 Å². The summed E-state index contributed by atoms with van der Waals surface area (Å²) in [7, 11) is 11.3. The molecule has 5 rings (SSSR count). The second kappa shape index (κ2) is 13.5. The molecule has 3 heterocycles. The summed E-state index contributed by atoms with van der Waals surface area (Å²) >= 11 is 0. The van der Waals surface area contributed by atoms with E-state index in [9.17, 15) is 9.59 Å². The molecule has 0 saturated heterocycles. The lowest BCUT2D eigenvalue weighted by atomic mass is 10.1. The molecule has 13 nitrogen and oxygen atoms in total. The van der Waals surface area contributed by atoms with Crippen molar-refractivity contribution >= 4 is 56.8 Å². The quantitative estimate of drug-likeness (QED) is 0.143. The molecule has 2 N–H and O–H groups in total. The number of fused-ring (bicyclic) bond motifs is 3. The highest BCUT2D eigenvalue weighted by Gasteiger charge is 2.26. The van der Waals surface area contributed by atoms with Crippen LogP contribution in [0.5, 0.6) is 5.75 Å². The Hall–Kier alpha value is -5.43. The number of aryl methyl sites for hydroxylation is 2. The zero-order valence-corrected chi connectivity index (χ0v) is 28.1. The average molecular weight is 640 g/mol. The summed E-state index contributed by atoms with van der Waals surface area (Å²) in [5.74, 6) is -0.230. The van der Waals surface area contributed by atoms with Crippen LogP contribution in [0.1, 0.15) is 24.2 Å². The van der Waals surface area contributed by atoms with Crippen LogP contribution in [0.4, 0.5) is 23.0 Å². The Morgan fingerprint density at radius 2 is 1.81 bits per heavy atom. The molecule has 0 bridgehead atoms. The van der Waals surface area contributed by atoms with E-state index in [1.54, 1.807) is 31.7 Å². The summed E-state index contributed by atoms with van der Waals surface area (Å²) in [6, 6.07) is 11.6. The van der Waals surface area contributed by atoms with Crippen LogP contribution in [0.3, 0.4) is 0 Å². The average Bonchev–Trinajstić information content (AvgIpc) is 3.54. The van der Waals surface area contributed by atoms with Gasteiger partial charge in [0, 0.05) is 51.9 Å². The van der Waals surface area contributed by atoms with Crippen LogP contribution in [0.15, 0.2) is 55.3 Å². The molecule has 47 heavy (non-hydrogen) atoms. The fraction of sp³-hybridized carbons (Fsp3) is 0.324. The number of para-hydroxylation sites is 1. The van der Waals surface area contributed by atoms with E-state index in [-0.39, 0.29) is 23.5 Å². The van der Waals surface area contributed by atoms with Gasteiger partial charge in [-0.05, 0) is 46.2 Å². The fourth-order valence-electron chi connectivity index (χ4n) is 5.48. The van der Waals surface area contributed by atoms with Crippen molar-refractivity contribution in [1.29, 1.82) is 0 Å². The number of aromatic nitrogens is 5. The van der Waals surface area contributed by atoms with Crippen LogP contribution in [0.2, 0.25) is 0 Å². The van der Waals surface area contributed by atoms with Crippen LogP contribution >= 0.6 is 0 Å². The van der Waals surface area contributed by atoms with Crippen LogP contribution in [-0.4, -0.2) is 88.5 Å². The first-order valence-corrected chi connectivity index (χ1v) is 15.2. The number of esters is 1. The molecular weight excluding hydrogens is 598 g/mol. The number of hydrogen-bond acceptors (Lipinski definition) is 10. The molecule has 0 fully saturated rings. The lowest BCUT2D eigenvalue weighted by Gasteiger charge is -2.26. The van der Waals surface area contributed by atoms with Gasteiger partial charge in [-0.3, -0.25) is 9.48 Å². The van der Waals surface area contributed by atoms with Crippen LogP contribution in [0.25, 0.3) is 33.3 Å². The predicted octanol–water partition coefficient (Wildman–Crippen LogP) is 4.96. The van der Waals surface area contributed by atoms with Crippen molar-refractivity contribution in [2.45, 2.75) is 20.0 Å². The summed E-state index contributed by atoms with van der Waals surface area (Å²) in [5, 5.41) is 12.8. The number of amides is 1. The molecule has 2 aromatic carbocycles. The Kier molecular flexibility index (Phi) is 9.47. The number of rotatable bonds is 12. The largest absolute Gasteiger partial charge is 0.494 e. The number of likely N-dealkylation sites (N-methyl/N-ethyl adjacent to an activating group) is 2. The highest BCUT2D eigenvalue weighted by atomic mass is 16.5. The maximum atomic E-state index is 13.4. The minimum Gasteiger partial charge on any atom is -0.494 e. The van der Waals surface area contributed by atoms with Gasteiger partial charge in [-0.2, -0.15) is 5.10 Å². The van der Waals surface area contributed by atoms with Gasteiger partial charge in [0.05, 0.1) is 41.2 Å². The van der Waals surface area contributed by atoms with Gasteiger partial charge in [0.15, 0.2) is 0 Å². The highest BCUT2D eigenvalue weighted by molar-refractivity contribution is 6.14. The number of hydrogen-bond donors (Lipinski definition) is 2. The van der Waals surface area contributed by atoms with Crippen LogP contribution in [-0.2, 0) is 23.6 Å². The molecule has 0 unspecified atom stereocenters. The number of nitrogens with one attached hydrogen (secondary N) is 2. The standard InChI is InChI=1S/C34H41N9O4/c1-10-28(44)36-23-17-24(27(46-9)18-26(23)41(6)16-15-40(4)5)37-34-35-19-22(33(45)47-20(2)3)30(38-34)31-29-21-13-11-12-14-25(21)42(7)32(29)43(8)39-31/h10-14,17-20H,1,15-16H2,2-9H3,(H,36,44)(H,35,37,38). The lowest BCUT2D eigenvalue weighted by Crippen LogP contribution is -2.29. The topological polar surface area (TPSA) is 132 Å². The Morgan fingerprint density at radius 1 is 1.06 bits per heavy atom. The maximum Gasteiger partial charge on any atom is 0.342 e. The molecular formula is C34H41N9O4. The second-order valence-electron chi connectivity index (χ2n) is 11.8. The third-order valence-corrected chi connectivity index (χ3v) is 7.75. The molecule has 13 heteroatoms. The van der Waals surface area contributed by atoms with Gasteiger partial charge in [0.2, 0.25) is 11.9 Å². The maximum absolute atomic E-state index is 13.4. The van der Waals surface area contributed by atoms with Gasteiger partial charge in [0.1, 0.15) is 28.3 Å². The van der Waals surface area contributed by atoms with Crippen molar-refractivity contribution in [2.24, 2.45) is 14.1 Å². The number of anilines is 4. The molecule has 5 aromatic rings. The number of carbonyl (C=O) groups excluding carboxylic acids is 2. The summed E-state index contributed by atoms with van der Waals surface area (Å²) < 4.78 is 15.2. The van der Waals surface area contributed by atoms with Crippen molar-refractivity contribution in [3.8, 4) is 17.1 Å². The summed E-state index contributed by atoms with van der Waals surface area (Å²) in [6.07, 6.45) is 2.31. The first kappa shape index (κ1) is 32.9. The molecule has 3 aromatic heterocycles. The minimum absolute atomic E-state index is 0.181.